The number of benzene rings is 1. The summed E-state index contributed by atoms with van der Waals surface area (Å²) in [7, 11) is 0. The van der Waals surface area contributed by atoms with E-state index in [0.29, 0.717) is 31.0 Å². The van der Waals surface area contributed by atoms with Gasteiger partial charge in [0, 0.05) is 30.2 Å². The number of rotatable bonds is 7. The second-order valence-electron chi connectivity index (χ2n) is 5.31. The second kappa shape index (κ2) is 9.08. The Morgan fingerprint density at radius 1 is 1.28 bits per heavy atom. The molecule has 1 heterocycles. The van der Waals surface area contributed by atoms with E-state index in [-0.39, 0.29) is 24.0 Å². The smallest absolute Gasteiger partial charge is 0.338 e. The Kier molecular flexibility index (Phi) is 6.82. The van der Waals surface area contributed by atoms with Gasteiger partial charge in [-0.25, -0.2) is 4.79 Å². The number of ether oxygens (including phenoxy) is 1. The van der Waals surface area contributed by atoms with Crippen molar-refractivity contribution in [2.75, 3.05) is 30.8 Å². The van der Waals surface area contributed by atoms with Crippen LogP contribution >= 0.6 is 11.8 Å². The average molecular weight is 360 g/mol. The highest BCUT2D eigenvalue weighted by Crippen LogP contribution is 2.31. The van der Waals surface area contributed by atoms with Gasteiger partial charge in [-0.1, -0.05) is 12.2 Å². The van der Waals surface area contributed by atoms with Crippen molar-refractivity contribution in [3.63, 3.8) is 0 Å². The molecule has 0 bridgehead atoms. The van der Waals surface area contributed by atoms with E-state index in [1.165, 1.54) is 4.90 Å². The molecular formula is C18H20N2O4S. The van der Waals surface area contributed by atoms with Crippen LogP contribution in [0.2, 0.25) is 0 Å². The van der Waals surface area contributed by atoms with Crippen molar-refractivity contribution in [3.05, 3.63) is 49.1 Å². The van der Waals surface area contributed by atoms with Crippen LogP contribution in [0.1, 0.15) is 16.8 Å². The summed E-state index contributed by atoms with van der Waals surface area (Å²) in [5.41, 5.74) is 0.876. The fraction of sp³-hybridized carbons (Fsp3) is 0.278. The number of hydrogen-bond donors (Lipinski definition) is 1. The molecule has 0 atom stereocenters. The summed E-state index contributed by atoms with van der Waals surface area (Å²) in [5, 5.41) is 2.77. The first-order valence-corrected chi connectivity index (χ1v) is 8.77. The monoisotopic (exact) mass is 360 g/mol. The summed E-state index contributed by atoms with van der Waals surface area (Å²) in [6.45, 7) is 7.52. The molecular weight excluding hydrogens is 340 g/mol. The predicted molar refractivity (Wildman–Crippen MR) is 97.7 cm³/mol. The van der Waals surface area contributed by atoms with Crippen LogP contribution in [0.25, 0.3) is 0 Å². The van der Waals surface area contributed by atoms with Gasteiger partial charge in [-0.2, -0.15) is 0 Å². The fourth-order valence-corrected chi connectivity index (χ4v) is 3.18. The molecule has 0 fully saturated rings. The maximum atomic E-state index is 12.2. The summed E-state index contributed by atoms with van der Waals surface area (Å²) >= 11 is 1.55. The van der Waals surface area contributed by atoms with Gasteiger partial charge in [0.1, 0.15) is 0 Å². The minimum atomic E-state index is -0.614. The molecule has 6 nitrogen and oxygen atoms in total. The van der Waals surface area contributed by atoms with Crippen molar-refractivity contribution in [2.24, 2.45) is 0 Å². The predicted octanol–water partition coefficient (Wildman–Crippen LogP) is 2.48. The van der Waals surface area contributed by atoms with Gasteiger partial charge in [-0.15, -0.1) is 24.9 Å². The molecule has 0 saturated heterocycles. The van der Waals surface area contributed by atoms with Gasteiger partial charge < -0.3 is 15.0 Å². The first-order chi connectivity index (χ1) is 12.0. The minimum Gasteiger partial charge on any atom is -0.452 e. The first-order valence-electron chi connectivity index (χ1n) is 7.78. The quantitative estimate of drug-likeness (QED) is 0.597. The maximum absolute atomic E-state index is 12.2. The van der Waals surface area contributed by atoms with E-state index in [0.717, 1.165) is 4.90 Å². The van der Waals surface area contributed by atoms with Crippen molar-refractivity contribution in [1.29, 1.82) is 0 Å². The lowest BCUT2D eigenvalue weighted by Crippen LogP contribution is -2.35. The number of esters is 1. The number of nitrogens with zero attached hydrogens (tertiary/aromatic N) is 1. The number of carbonyl (C=O) groups is 3. The summed E-state index contributed by atoms with van der Waals surface area (Å²) < 4.78 is 5.09. The van der Waals surface area contributed by atoms with E-state index >= 15 is 0 Å². The van der Waals surface area contributed by atoms with E-state index in [4.69, 9.17) is 4.74 Å². The Morgan fingerprint density at radius 2 is 2.00 bits per heavy atom. The Morgan fingerprint density at radius 3 is 2.68 bits per heavy atom. The molecule has 0 aliphatic carbocycles. The zero-order valence-electron chi connectivity index (χ0n) is 13.8. The Labute approximate surface area is 150 Å². The summed E-state index contributed by atoms with van der Waals surface area (Å²) in [6.07, 6.45) is 3.61. The van der Waals surface area contributed by atoms with Crippen LogP contribution in [0, 0.1) is 0 Å². The number of nitrogens with one attached hydrogen (secondary N) is 1. The maximum Gasteiger partial charge on any atom is 0.338 e. The van der Waals surface area contributed by atoms with Gasteiger partial charge in [0.2, 0.25) is 5.91 Å². The third-order valence-corrected chi connectivity index (χ3v) is 4.53. The normalized spacial score (nSPS) is 13.0. The standard InChI is InChI=1S/C18H20N2O4S/c1-3-8-20(9-4-2)17(22)12-24-18(23)13-5-6-15-14(11-13)19-16(21)7-10-25-15/h3-6,11H,1-2,7-10,12H2,(H,19,21). The molecule has 0 saturated carbocycles. The zero-order valence-corrected chi connectivity index (χ0v) is 14.6. The molecule has 2 rings (SSSR count). The van der Waals surface area contributed by atoms with E-state index in [1.807, 2.05) is 0 Å². The van der Waals surface area contributed by atoms with E-state index in [9.17, 15) is 14.4 Å². The number of hydrogen-bond acceptors (Lipinski definition) is 5. The summed E-state index contributed by atoms with van der Waals surface area (Å²) in [4.78, 5) is 38.3. The van der Waals surface area contributed by atoms with Gasteiger partial charge in [-0.05, 0) is 18.2 Å². The van der Waals surface area contributed by atoms with Gasteiger partial charge in [-0.3, -0.25) is 9.59 Å². The van der Waals surface area contributed by atoms with Gasteiger partial charge in [0.25, 0.3) is 5.91 Å². The number of amides is 2. The molecule has 1 aromatic carbocycles. The molecule has 0 aromatic heterocycles. The van der Waals surface area contributed by atoms with Gasteiger partial charge in [0.05, 0.1) is 11.3 Å². The van der Waals surface area contributed by atoms with E-state index < -0.39 is 5.97 Å². The molecule has 0 radical (unpaired) electrons. The van der Waals surface area contributed by atoms with Crippen molar-refractivity contribution < 1.29 is 19.1 Å². The molecule has 0 spiro atoms. The Balaban J connectivity index is 2.01. The number of anilines is 1. The van der Waals surface area contributed by atoms with Crippen LogP contribution in [0.3, 0.4) is 0 Å². The first kappa shape index (κ1) is 18.8. The van der Waals surface area contributed by atoms with Crippen molar-refractivity contribution in [1.82, 2.24) is 4.90 Å². The largest absolute Gasteiger partial charge is 0.452 e. The summed E-state index contributed by atoms with van der Waals surface area (Å²) in [5.74, 6) is -0.334. The van der Waals surface area contributed by atoms with Crippen LogP contribution in [-0.4, -0.2) is 48.1 Å². The highest BCUT2D eigenvalue weighted by molar-refractivity contribution is 7.99. The third kappa shape index (κ3) is 5.22. The van der Waals surface area contributed by atoms with Gasteiger partial charge >= 0.3 is 5.97 Å². The number of fused-ring (bicyclic) bond motifs is 1. The van der Waals surface area contributed by atoms with Crippen molar-refractivity contribution in [2.45, 2.75) is 11.3 Å². The molecule has 1 aliphatic heterocycles. The average Bonchev–Trinajstić information content (AvgIpc) is 2.78. The number of carbonyl (C=O) groups excluding carboxylic acids is 3. The second-order valence-corrected chi connectivity index (χ2v) is 6.45. The number of thioether (sulfide) groups is 1. The zero-order chi connectivity index (χ0) is 18.2. The topological polar surface area (TPSA) is 75.7 Å². The lowest BCUT2D eigenvalue weighted by molar-refractivity contribution is -0.133. The highest BCUT2D eigenvalue weighted by atomic mass is 32.2. The molecule has 1 N–H and O–H groups in total. The van der Waals surface area contributed by atoms with Crippen molar-refractivity contribution >= 4 is 35.2 Å². The Bertz CT molecular complexity index is 692. The molecule has 0 unspecified atom stereocenters. The Hall–Kier alpha value is -2.54. The van der Waals surface area contributed by atoms with Crippen molar-refractivity contribution in [3.8, 4) is 0 Å². The molecule has 7 heteroatoms. The lowest BCUT2D eigenvalue weighted by atomic mass is 10.2. The molecule has 1 aliphatic rings. The molecule has 1 aromatic rings. The van der Waals surface area contributed by atoms with E-state index in [1.54, 1.807) is 42.1 Å². The van der Waals surface area contributed by atoms with Crippen LogP contribution in [-0.2, 0) is 14.3 Å². The van der Waals surface area contributed by atoms with Crippen LogP contribution in [0.15, 0.2) is 48.4 Å². The highest BCUT2D eigenvalue weighted by Gasteiger charge is 2.18. The molecule has 2 amide bonds. The van der Waals surface area contributed by atoms with Crippen LogP contribution < -0.4 is 5.32 Å². The molecule has 25 heavy (non-hydrogen) atoms. The van der Waals surface area contributed by atoms with Crippen LogP contribution in [0.5, 0.6) is 0 Å². The van der Waals surface area contributed by atoms with Crippen LogP contribution in [0.4, 0.5) is 5.69 Å². The fourth-order valence-electron chi connectivity index (χ4n) is 2.24. The SMILES string of the molecule is C=CCN(CC=C)C(=O)COC(=O)c1ccc2c(c1)NC(=O)CCS2. The van der Waals surface area contributed by atoms with E-state index in [2.05, 4.69) is 18.5 Å². The van der Waals surface area contributed by atoms with Gasteiger partial charge in [0.15, 0.2) is 6.61 Å². The summed E-state index contributed by atoms with van der Waals surface area (Å²) in [6, 6.07) is 4.97. The minimum absolute atomic E-state index is 0.0866. The lowest BCUT2D eigenvalue weighted by Gasteiger charge is -2.19. The molecule has 132 valence electrons. The third-order valence-electron chi connectivity index (χ3n) is 3.45.